The number of hydrogen-bond donors (Lipinski definition) is 1. The fourth-order valence-corrected chi connectivity index (χ4v) is 4.36. The molecule has 4 rings (SSSR count). The van der Waals surface area contributed by atoms with Gasteiger partial charge in [-0.25, -0.2) is 0 Å². The quantitative estimate of drug-likeness (QED) is 0.426. The molecule has 3 aromatic carbocycles. The van der Waals surface area contributed by atoms with Gasteiger partial charge in [0.2, 0.25) is 0 Å². The second kappa shape index (κ2) is 8.52. The SMILES string of the molecule is C=CC=CC=C[N+]1(NC(=O)Cc2ccccc2)c2c(ccc3ccccc23)CC1C. The third-order valence-corrected chi connectivity index (χ3v) is 5.76. The Morgan fingerprint density at radius 3 is 2.60 bits per heavy atom. The van der Waals surface area contributed by atoms with Crippen molar-refractivity contribution >= 4 is 22.4 Å². The van der Waals surface area contributed by atoms with Gasteiger partial charge in [-0.15, -0.1) is 0 Å². The molecule has 1 N–H and O–H groups in total. The first-order chi connectivity index (χ1) is 14.6. The van der Waals surface area contributed by atoms with Crippen molar-refractivity contribution in [3.8, 4) is 0 Å². The zero-order chi connectivity index (χ0) is 21.0. The van der Waals surface area contributed by atoms with Gasteiger partial charge in [-0.05, 0) is 30.0 Å². The number of nitrogens with one attached hydrogen (secondary N) is 1. The van der Waals surface area contributed by atoms with Crippen molar-refractivity contribution in [2.24, 2.45) is 0 Å². The minimum atomic E-state index is 0.00573. The van der Waals surface area contributed by atoms with Gasteiger partial charge in [-0.1, -0.05) is 85.5 Å². The number of carbonyl (C=O) groups excluding carboxylic acids is 1. The number of allylic oxidation sites excluding steroid dienone is 4. The summed E-state index contributed by atoms with van der Waals surface area (Å²) in [6.07, 6.45) is 10.9. The molecule has 0 aromatic heterocycles. The van der Waals surface area contributed by atoms with Crippen LogP contribution in [0.4, 0.5) is 5.69 Å². The maximum Gasteiger partial charge on any atom is 0.270 e. The van der Waals surface area contributed by atoms with Crippen molar-refractivity contribution in [1.29, 1.82) is 0 Å². The zero-order valence-electron chi connectivity index (χ0n) is 17.3. The fraction of sp³-hybridized carbons (Fsp3) is 0.148. The minimum absolute atomic E-state index is 0.00573. The normalized spacial score (nSPS) is 20.6. The van der Waals surface area contributed by atoms with E-state index in [1.165, 1.54) is 16.3 Å². The average Bonchev–Trinajstić information content (AvgIpc) is 3.03. The highest BCUT2D eigenvalue weighted by Crippen LogP contribution is 2.43. The van der Waals surface area contributed by atoms with Gasteiger partial charge >= 0.3 is 0 Å². The number of benzene rings is 3. The topological polar surface area (TPSA) is 29.1 Å². The van der Waals surface area contributed by atoms with Crippen LogP contribution in [0.3, 0.4) is 0 Å². The highest BCUT2D eigenvalue weighted by Gasteiger charge is 2.46. The van der Waals surface area contributed by atoms with Crippen LogP contribution in [0.25, 0.3) is 10.8 Å². The first kappa shape index (κ1) is 19.9. The number of fused-ring (bicyclic) bond motifs is 3. The summed E-state index contributed by atoms with van der Waals surface area (Å²) in [5.41, 5.74) is 6.81. The van der Waals surface area contributed by atoms with Crippen LogP contribution in [0, 0.1) is 0 Å². The van der Waals surface area contributed by atoms with Gasteiger partial charge < -0.3 is 0 Å². The third-order valence-electron chi connectivity index (χ3n) is 5.76. The van der Waals surface area contributed by atoms with Crippen LogP contribution in [0.1, 0.15) is 18.1 Å². The molecule has 3 heteroatoms. The highest BCUT2D eigenvalue weighted by atomic mass is 16.2. The Balaban J connectivity index is 1.80. The molecule has 150 valence electrons. The lowest BCUT2D eigenvalue weighted by atomic mass is 10.0. The molecule has 0 saturated carbocycles. The van der Waals surface area contributed by atoms with Gasteiger partial charge in [0.1, 0.15) is 12.2 Å². The van der Waals surface area contributed by atoms with Gasteiger partial charge in [0, 0.05) is 17.4 Å². The van der Waals surface area contributed by atoms with Crippen molar-refractivity contribution in [2.75, 3.05) is 0 Å². The van der Waals surface area contributed by atoms with E-state index >= 15 is 0 Å². The Hall–Kier alpha value is -3.43. The van der Waals surface area contributed by atoms with Crippen LogP contribution < -0.4 is 10.0 Å². The summed E-state index contributed by atoms with van der Waals surface area (Å²) in [6, 6.07) is 22.8. The molecule has 1 aliphatic heterocycles. The molecule has 0 bridgehead atoms. The summed E-state index contributed by atoms with van der Waals surface area (Å²) in [4.78, 5) is 13.2. The third kappa shape index (κ3) is 3.72. The molecule has 3 aromatic rings. The number of nitrogens with zero attached hydrogens (tertiary/aromatic N) is 1. The van der Waals surface area contributed by atoms with Gasteiger partial charge in [0.15, 0.2) is 5.69 Å². The monoisotopic (exact) mass is 395 g/mol. The van der Waals surface area contributed by atoms with Gasteiger partial charge in [-0.3, -0.25) is 4.79 Å². The van der Waals surface area contributed by atoms with Crippen molar-refractivity contribution in [3.63, 3.8) is 0 Å². The molecule has 2 unspecified atom stereocenters. The van der Waals surface area contributed by atoms with Crippen molar-refractivity contribution in [1.82, 2.24) is 10.0 Å². The highest BCUT2D eigenvalue weighted by molar-refractivity contribution is 5.97. The Kier molecular flexibility index (Phi) is 5.64. The molecule has 0 radical (unpaired) electrons. The summed E-state index contributed by atoms with van der Waals surface area (Å²) < 4.78 is 0.309. The zero-order valence-corrected chi connectivity index (χ0v) is 17.3. The van der Waals surface area contributed by atoms with Crippen molar-refractivity contribution in [2.45, 2.75) is 25.8 Å². The van der Waals surface area contributed by atoms with E-state index in [1.807, 2.05) is 48.6 Å². The molecule has 0 aliphatic carbocycles. The number of quaternary nitrogens is 1. The standard InChI is InChI=1S/C27H26N2O/c1-3-4-5-11-18-29(28-26(30)20-22-12-7-6-8-13-22)21(2)19-24-17-16-23-14-9-10-15-25(23)27(24)29/h3-18,21H,1,19-20H2,2H3/p+1. The predicted octanol–water partition coefficient (Wildman–Crippen LogP) is 5.62. The van der Waals surface area contributed by atoms with E-state index in [-0.39, 0.29) is 11.9 Å². The lowest BCUT2D eigenvalue weighted by Crippen LogP contribution is -2.61. The Morgan fingerprint density at radius 2 is 1.80 bits per heavy atom. The molecule has 1 aliphatic rings. The van der Waals surface area contributed by atoms with E-state index < -0.39 is 0 Å². The van der Waals surface area contributed by atoms with Crippen molar-refractivity contribution < 1.29 is 4.79 Å². The van der Waals surface area contributed by atoms with Crippen LogP contribution in [0.2, 0.25) is 0 Å². The molecular weight excluding hydrogens is 368 g/mol. The average molecular weight is 396 g/mol. The van der Waals surface area contributed by atoms with Crippen LogP contribution in [-0.2, 0) is 17.6 Å². The number of carbonyl (C=O) groups is 1. The lowest BCUT2D eigenvalue weighted by molar-refractivity contribution is -0.124. The molecule has 2 atom stereocenters. The van der Waals surface area contributed by atoms with E-state index in [1.54, 1.807) is 6.08 Å². The van der Waals surface area contributed by atoms with Gasteiger partial charge in [0.25, 0.3) is 5.91 Å². The van der Waals surface area contributed by atoms with Gasteiger partial charge in [0.05, 0.1) is 6.42 Å². The molecule has 0 spiro atoms. The maximum absolute atomic E-state index is 13.2. The number of amides is 1. The van der Waals surface area contributed by atoms with E-state index in [0.717, 1.165) is 17.7 Å². The summed E-state index contributed by atoms with van der Waals surface area (Å²) in [6.45, 7) is 5.93. The van der Waals surface area contributed by atoms with Gasteiger partial charge in [-0.2, -0.15) is 10.0 Å². The van der Waals surface area contributed by atoms with E-state index in [9.17, 15) is 4.79 Å². The van der Waals surface area contributed by atoms with Crippen LogP contribution in [0.5, 0.6) is 0 Å². The first-order valence-electron chi connectivity index (χ1n) is 10.4. The largest absolute Gasteiger partial charge is 0.270 e. The second-order valence-electron chi connectivity index (χ2n) is 7.78. The minimum Gasteiger partial charge on any atom is -0.270 e. The molecule has 1 heterocycles. The Morgan fingerprint density at radius 1 is 1.03 bits per heavy atom. The van der Waals surface area contributed by atoms with Crippen LogP contribution in [0.15, 0.2) is 104 Å². The first-order valence-corrected chi connectivity index (χ1v) is 10.4. The Bertz CT molecular complexity index is 1130. The van der Waals surface area contributed by atoms with E-state index in [0.29, 0.717) is 11.0 Å². The summed E-state index contributed by atoms with van der Waals surface area (Å²) in [5.74, 6) is 0.00573. The molecule has 30 heavy (non-hydrogen) atoms. The lowest BCUT2D eigenvalue weighted by Gasteiger charge is -2.34. The molecule has 0 saturated heterocycles. The number of rotatable bonds is 6. The van der Waals surface area contributed by atoms with E-state index in [4.69, 9.17) is 0 Å². The van der Waals surface area contributed by atoms with E-state index in [2.05, 4.69) is 61.5 Å². The van der Waals surface area contributed by atoms with Crippen LogP contribution in [-0.4, -0.2) is 11.9 Å². The van der Waals surface area contributed by atoms with Crippen LogP contribution >= 0.6 is 0 Å². The summed E-state index contributed by atoms with van der Waals surface area (Å²) in [5, 5.41) is 2.36. The fourth-order valence-electron chi connectivity index (χ4n) is 4.36. The molecule has 3 nitrogen and oxygen atoms in total. The summed E-state index contributed by atoms with van der Waals surface area (Å²) >= 11 is 0. The Labute approximate surface area is 178 Å². The summed E-state index contributed by atoms with van der Waals surface area (Å²) in [7, 11) is 0. The smallest absolute Gasteiger partial charge is 0.270 e. The molecule has 1 amide bonds. The molecule has 0 fully saturated rings. The predicted molar refractivity (Wildman–Crippen MR) is 126 cm³/mol. The van der Waals surface area contributed by atoms with Crippen molar-refractivity contribution in [3.05, 3.63) is 115 Å². The number of hydrogen-bond acceptors (Lipinski definition) is 1. The molecular formula is C27H27N2O+. The second-order valence-corrected chi connectivity index (χ2v) is 7.78. The maximum atomic E-state index is 13.2.